The van der Waals surface area contributed by atoms with Gasteiger partial charge in [-0.2, -0.15) is 0 Å². The van der Waals surface area contributed by atoms with Gasteiger partial charge in [-0.05, 0) is 18.2 Å². The summed E-state index contributed by atoms with van der Waals surface area (Å²) in [6, 6.07) is 15.5. The summed E-state index contributed by atoms with van der Waals surface area (Å²) in [5, 5.41) is 9.89. The predicted octanol–water partition coefficient (Wildman–Crippen LogP) is 2.57. The highest BCUT2D eigenvalue weighted by Crippen LogP contribution is 2.25. The molecule has 6 heteroatoms. The molecule has 3 rings (SSSR count). The minimum atomic E-state index is -0.478. The lowest BCUT2D eigenvalue weighted by atomic mass is 10.1. The predicted molar refractivity (Wildman–Crippen MR) is 98.3 cm³/mol. The van der Waals surface area contributed by atoms with Crippen LogP contribution in [0, 0.1) is 0 Å². The summed E-state index contributed by atoms with van der Waals surface area (Å²) >= 11 is 1.58. The van der Waals surface area contributed by atoms with Crippen molar-refractivity contribution in [1.82, 2.24) is 9.80 Å². The minimum Gasteiger partial charge on any atom is -0.508 e. The molecule has 2 aromatic carbocycles. The average molecular weight is 356 g/mol. The van der Waals surface area contributed by atoms with Crippen LogP contribution < -0.4 is 0 Å². The summed E-state index contributed by atoms with van der Waals surface area (Å²) < 4.78 is 0. The van der Waals surface area contributed by atoms with Crippen LogP contribution in [0.5, 0.6) is 5.75 Å². The molecule has 25 heavy (non-hydrogen) atoms. The maximum atomic E-state index is 12.8. The van der Waals surface area contributed by atoms with Gasteiger partial charge in [0.15, 0.2) is 0 Å². The number of aromatic hydroxyl groups is 1. The first kappa shape index (κ1) is 17.4. The molecule has 1 atom stereocenters. The molecule has 130 valence electrons. The standard InChI is InChI=1S/C19H20N2O3S/c1-20(11-15-9-5-6-10-17(15)22)19(24)16-12-25-13-21(16)18(23)14-7-3-2-4-8-14/h2-10,16,22H,11-13H2,1H3/t16-/m1/s1. The second-order valence-electron chi connectivity index (χ2n) is 5.98. The number of para-hydroxylation sites is 1. The molecule has 1 aliphatic heterocycles. The number of thioether (sulfide) groups is 1. The third-order valence-electron chi connectivity index (χ3n) is 4.22. The Labute approximate surface area is 151 Å². The third-order valence-corrected chi connectivity index (χ3v) is 5.24. The molecule has 2 aromatic rings. The van der Waals surface area contributed by atoms with Crippen LogP contribution in [0.1, 0.15) is 15.9 Å². The highest BCUT2D eigenvalue weighted by Gasteiger charge is 2.36. The first-order chi connectivity index (χ1) is 12.1. The van der Waals surface area contributed by atoms with Crippen molar-refractivity contribution in [1.29, 1.82) is 0 Å². The summed E-state index contributed by atoms with van der Waals surface area (Å²) in [4.78, 5) is 28.7. The topological polar surface area (TPSA) is 60.9 Å². The Morgan fingerprint density at radius 2 is 1.84 bits per heavy atom. The lowest BCUT2D eigenvalue weighted by Crippen LogP contribution is -2.47. The van der Waals surface area contributed by atoms with E-state index in [1.165, 1.54) is 0 Å². The van der Waals surface area contributed by atoms with E-state index < -0.39 is 6.04 Å². The van der Waals surface area contributed by atoms with Gasteiger partial charge in [-0.25, -0.2) is 0 Å². The molecule has 1 heterocycles. The monoisotopic (exact) mass is 356 g/mol. The van der Waals surface area contributed by atoms with Gasteiger partial charge < -0.3 is 14.9 Å². The molecule has 1 fully saturated rings. The Kier molecular flexibility index (Phi) is 5.28. The fourth-order valence-electron chi connectivity index (χ4n) is 2.83. The van der Waals surface area contributed by atoms with Crippen molar-refractivity contribution in [3.8, 4) is 5.75 Å². The van der Waals surface area contributed by atoms with Crippen LogP contribution in [0.2, 0.25) is 0 Å². The average Bonchev–Trinajstić information content (AvgIpc) is 3.12. The molecule has 0 aromatic heterocycles. The molecule has 1 saturated heterocycles. The number of benzene rings is 2. The van der Waals surface area contributed by atoms with Crippen LogP contribution in [0.15, 0.2) is 54.6 Å². The lowest BCUT2D eigenvalue weighted by Gasteiger charge is -2.27. The van der Waals surface area contributed by atoms with Gasteiger partial charge in [0.25, 0.3) is 5.91 Å². The Bertz CT molecular complexity index is 766. The first-order valence-corrected chi connectivity index (χ1v) is 9.19. The minimum absolute atomic E-state index is 0.113. The summed E-state index contributed by atoms with van der Waals surface area (Å²) in [7, 11) is 1.70. The Hall–Kier alpha value is -2.47. The largest absolute Gasteiger partial charge is 0.508 e. The van der Waals surface area contributed by atoms with E-state index in [-0.39, 0.29) is 17.6 Å². The number of carbonyl (C=O) groups excluding carboxylic acids is 2. The molecular formula is C19H20N2O3S. The van der Waals surface area contributed by atoms with Crippen LogP contribution in [0.4, 0.5) is 0 Å². The van der Waals surface area contributed by atoms with Crippen LogP contribution >= 0.6 is 11.8 Å². The van der Waals surface area contributed by atoms with Crippen LogP contribution in [0.25, 0.3) is 0 Å². The van der Waals surface area contributed by atoms with E-state index in [1.54, 1.807) is 58.9 Å². The van der Waals surface area contributed by atoms with E-state index in [1.807, 2.05) is 24.3 Å². The summed E-state index contributed by atoms with van der Waals surface area (Å²) in [5.74, 6) is 1.02. The van der Waals surface area contributed by atoms with Gasteiger partial charge in [0.2, 0.25) is 5.91 Å². The first-order valence-electron chi connectivity index (χ1n) is 8.03. The van der Waals surface area contributed by atoms with Crippen LogP contribution in [-0.2, 0) is 11.3 Å². The van der Waals surface area contributed by atoms with Crippen molar-refractivity contribution in [2.75, 3.05) is 18.7 Å². The van der Waals surface area contributed by atoms with Crippen molar-refractivity contribution < 1.29 is 14.7 Å². The van der Waals surface area contributed by atoms with E-state index in [0.717, 1.165) is 0 Å². The molecule has 0 bridgehead atoms. The van der Waals surface area contributed by atoms with E-state index >= 15 is 0 Å². The van der Waals surface area contributed by atoms with Crippen molar-refractivity contribution in [3.05, 3.63) is 65.7 Å². The van der Waals surface area contributed by atoms with Gasteiger partial charge in [-0.3, -0.25) is 9.59 Å². The maximum Gasteiger partial charge on any atom is 0.255 e. The van der Waals surface area contributed by atoms with Crippen molar-refractivity contribution in [2.24, 2.45) is 0 Å². The van der Waals surface area contributed by atoms with Gasteiger partial charge in [0.1, 0.15) is 11.8 Å². The molecule has 0 radical (unpaired) electrons. The molecule has 0 aliphatic carbocycles. The van der Waals surface area contributed by atoms with Crippen molar-refractivity contribution in [3.63, 3.8) is 0 Å². The molecule has 1 aliphatic rings. The number of phenolic OH excluding ortho intramolecular Hbond substituents is 1. The molecular weight excluding hydrogens is 336 g/mol. The fourth-order valence-corrected chi connectivity index (χ4v) is 3.97. The second-order valence-corrected chi connectivity index (χ2v) is 6.98. The smallest absolute Gasteiger partial charge is 0.255 e. The SMILES string of the molecule is CN(Cc1ccccc1O)C(=O)[C@H]1CSCN1C(=O)c1ccccc1. The molecule has 5 nitrogen and oxygen atoms in total. The fraction of sp³-hybridized carbons (Fsp3) is 0.263. The number of phenols is 1. The van der Waals surface area contributed by atoms with Gasteiger partial charge >= 0.3 is 0 Å². The van der Waals surface area contributed by atoms with Crippen LogP contribution in [0.3, 0.4) is 0 Å². The van der Waals surface area contributed by atoms with Gasteiger partial charge in [-0.15, -0.1) is 11.8 Å². The molecule has 0 spiro atoms. The van der Waals surface area contributed by atoms with Crippen molar-refractivity contribution >= 4 is 23.6 Å². The number of amides is 2. The second kappa shape index (κ2) is 7.61. The third kappa shape index (κ3) is 3.79. The van der Waals surface area contributed by atoms with Gasteiger partial charge in [-0.1, -0.05) is 36.4 Å². The number of rotatable bonds is 4. The maximum absolute atomic E-state index is 12.8. The Morgan fingerprint density at radius 3 is 2.56 bits per heavy atom. The van der Waals surface area contributed by atoms with E-state index in [4.69, 9.17) is 0 Å². The van der Waals surface area contributed by atoms with Gasteiger partial charge in [0.05, 0.1) is 5.88 Å². The summed E-state index contributed by atoms with van der Waals surface area (Å²) in [5.41, 5.74) is 1.27. The van der Waals surface area contributed by atoms with Crippen molar-refractivity contribution in [2.45, 2.75) is 12.6 Å². The molecule has 1 N–H and O–H groups in total. The molecule has 0 saturated carbocycles. The number of carbonyl (C=O) groups is 2. The zero-order chi connectivity index (χ0) is 17.8. The van der Waals surface area contributed by atoms with E-state index in [9.17, 15) is 14.7 Å². The zero-order valence-corrected chi connectivity index (χ0v) is 14.8. The van der Waals surface area contributed by atoms with E-state index in [0.29, 0.717) is 29.3 Å². The molecule has 2 amide bonds. The summed E-state index contributed by atoms with van der Waals surface area (Å²) in [6.07, 6.45) is 0. The number of hydrogen-bond donors (Lipinski definition) is 1. The van der Waals surface area contributed by atoms with Gasteiger partial charge in [0, 0.05) is 30.5 Å². The number of hydrogen-bond acceptors (Lipinski definition) is 4. The number of likely N-dealkylation sites (N-methyl/N-ethyl adjacent to an activating group) is 1. The van der Waals surface area contributed by atoms with E-state index in [2.05, 4.69) is 0 Å². The quantitative estimate of drug-likeness (QED) is 0.915. The highest BCUT2D eigenvalue weighted by molar-refractivity contribution is 7.99. The highest BCUT2D eigenvalue weighted by atomic mass is 32.2. The number of nitrogens with zero attached hydrogens (tertiary/aromatic N) is 2. The Morgan fingerprint density at radius 1 is 1.16 bits per heavy atom. The Balaban J connectivity index is 1.72. The van der Waals surface area contributed by atoms with Crippen LogP contribution in [-0.4, -0.2) is 51.4 Å². The molecule has 0 unspecified atom stereocenters. The summed E-state index contributed by atoms with van der Waals surface area (Å²) in [6.45, 7) is 0.306. The zero-order valence-electron chi connectivity index (χ0n) is 14.0. The lowest BCUT2D eigenvalue weighted by molar-refractivity contribution is -0.134. The normalized spacial score (nSPS) is 16.7.